The Balaban J connectivity index is 0.997. The molecule has 132 heavy (non-hydrogen) atoms. The lowest BCUT2D eigenvalue weighted by Crippen LogP contribution is -2.61. The van der Waals surface area contributed by atoms with Crippen LogP contribution in [0.5, 0.6) is 0 Å². The number of benzene rings is 5. The van der Waals surface area contributed by atoms with Crippen molar-refractivity contribution >= 4 is 157 Å². The minimum atomic E-state index is -1.94. The van der Waals surface area contributed by atoms with E-state index < -0.39 is 204 Å². The number of para-hydroxylation sites is 2. The van der Waals surface area contributed by atoms with Gasteiger partial charge in [0.2, 0.25) is 82.7 Å². The summed E-state index contributed by atoms with van der Waals surface area (Å²) in [7, 11) is 0. The van der Waals surface area contributed by atoms with Crippen LogP contribution in [0.15, 0.2) is 134 Å². The molecule has 11 rings (SSSR count). The van der Waals surface area contributed by atoms with Gasteiger partial charge in [0.15, 0.2) is 5.78 Å². The zero-order valence-electron chi connectivity index (χ0n) is 74.8. The molecule has 0 saturated carbocycles. The number of nitrogens with one attached hydrogen (secondary N) is 11. The Labute approximate surface area is 776 Å². The first kappa shape index (κ1) is 100. The average Bonchev–Trinajstić information content (AvgIpc) is 1.57. The summed E-state index contributed by atoms with van der Waals surface area (Å²) in [6.45, 7) is 9.59. The molecule has 1 fully saturated rings. The van der Waals surface area contributed by atoms with Crippen LogP contribution in [0.3, 0.4) is 0 Å². The fourth-order valence-electron chi connectivity index (χ4n) is 16.6. The van der Waals surface area contributed by atoms with Crippen LogP contribution < -0.4 is 53.6 Å². The standard InChI is InChI=1S/C94H116N16O19S3/c1-8-62-35-76(113)84(55(7)112)106-87(122)65(29-54(6)111)46-130-49-78(115)107-40-56-17-13-19-58(30-56)42-108-43-59-20-15-22-61(32-59)45-109(44-60-21-14-18-57(31-60)41-107)80(117)51-132-48-74(103-86(62)121)91(126)100-71(34-64-38-97-69-26-12-10-24-67(64)69)90(125)104-82(52(2)3)93(128)101-72(36-81(118)119)88(123)98-39-77(114)99-70(33-63-37-96-68-25-11-9-23-66(63)68)89(124)105-83(53(4)5)94(129)110-28-16-27-75(110)92(127)102-73(85(95)120)47-131-50-79(108)116/h9-15,17-26,30-32,37-38,52-53,55,62,65,70-75,82-84,96-97,112H,8,16,27-29,33-36,39-51H2,1-7H3,(H2,95,120)(H,98,123)(H,99,114)(H,100,126)(H,101,128)(H,102,127)(H,103,121)(H,104,125)(H,105,124)(H,106,122)(H,118,119)/t55-,62-,65+,70+,71+,72+,73+,74+,75+,82+,83+,84+/m1/s1. The van der Waals surface area contributed by atoms with Gasteiger partial charge in [-0.25, -0.2) is 0 Å². The number of thioether (sulfide) groups is 3. The summed E-state index contributed by atoms with van der Waals surface area (Å²) in [6, 6.07) is 22.1. The van der Waals surface area contributed by atoms with E-state index in [-0.39, 0.29) is 113 Å². The minimum Gasteiger partial charge on any atom is -0.481 e. The number of nitrogens with zero attached hydrogens (tertiary/aromatic N) is 4. The van der Waals surface area contributed by atoms with E-state index in [0.29, 0.717) is 72.7 Å². The quantitative estimate of drug-likeness (QED) is 0.0785. The Hall–Kier alpha value is -12.4. The number of hydrogen-bond donors (Lipinski definition) is 14. The number of carboxylic acid groups (broad SMARTS) is 1. The van der Waals surface area contributed by atoms with E-state index in [0.717, 1.165) is 35.3 Å². The Bertz CT molecular complexity index is 5450. The zero-order chi connectivity index (χ0) is 95.1. The van der Waals surface area contributed by atoms with Crippen molar-refractivity contribution in [3.05, 3.63) is 178 Å². The number of Topliss-reactive ketones (excluding diaryl/α,β-unsaturated/α-hetero) is 2. The molecule has 14 amide bonds. The van der Waals surface area contributed by atoms with Crippen LogP contribution in [-0.4, -0.2) is 248 Å². The van der Waals surface area contributed by atoms with Gasteiger partial charge in [-0.15, -0.1) is 23.5 Å². The monoisotopic (exact) mass is 1870 g/mol. The van der Waals surface area contributed by atoms with Crippen LogP contribution in [-0.2, 0) is 134 Å². The minimum absolute atomic E-state index is 0.00357. The largest absolute Gasteiger partial charge is 0.481 e. The molecule has 0 radical (unpaired) electrons. The van der Waals surface area contributed by atoms with E-state index in [1.165, 1.54) is 32.6 Å². The summed E-state index contributed by atoms with van der Waals surface area (Å²) in [5.41, 5.74) is 12.2. The molecule has 0 unspecified atom stereocenters. The lowest BCUT2D eigenvalue weighted by molar-refractivity contribution is -0.143. The van der Waals surface area contributed by atoms with Crippen molar-refractivity contribution in [2.75, 3.05) is 47.6 Å². The number of H-pyrrole nitrogens is 2. The van der Waals surface area contributed by atoms with Crippen LogP contribution in [0.25, 0.3) is 21.8 Å². The van der Waals surface area contributed by atoms with Crippen LogP contribution in [0.1, 0.15) is 131 Å². The van der Waals surface area contributed by atoms with Gasteiger partial charge in [-0.1, -0.05) is 144 Å². The molecule has 0 spiro atoms. The maximum Gasteiger partial charge on any atom is 0.305 e. The van der Waals surface area contributed by atoms with Gasteiger partial charge in [-0.3, -0.25) is 76.7 Å². The first-order chi connectivity index (χ1) is 63.1. The van der Waals surface area contributed by atoms with Crippen LogP contribution in [0.4, 0.5) is 0 Å². The lowest BCUT2D eigenvalue weighted by atomic mass is 9.92. The smallest absolute Gasteiger partial charge is 0.305 e. The molecule has 5 aromatic carbocycles. The number of carbonyl (C=O) groups excluding carboxylic acids is 16. The van der Waals surface area contributed by atoms with E-state index >= 15 is 33.6 Å². The highest BCUT2D eigenvalue weighted by molar-refractivity contribution is 8.00. The maximum atomic E-state index is 15.7. The molecule has 0 aliphatic carbocycles. The van der Waals surface area contributed by atoms with Crippen LogP contribution in [0, 0.1) is 23.7 Å². The highest BCUT2D eigenvalue weighted by Gasteiger charge is 2.43. The molecule has 1 saturated heterocycles. The maximum absolute atomic E-state index is 15.7. The Morgan fingerprint density at radius 1 is 0.477 bits per heavy atom. The molecular formula is C94H116N16O19S3. The summed E-state index contributed by atoms with van der Waals surface area (Å²) in [5, 5.41) is 46.7. The molecule has 10 bridgehead atoms. The van der Waals surface area contributed by atoms with Crippen molar-refractivity contribution in [3.63, 3.8) is 0 Å². The second-order valence-electron chi connectivity index (χ2n) is 34.7. The normalized spacial score (nSPS) is 23.9. The predicted molar refractivity (Wildman–Crippen MR) is 496 cm³/mol. The predicted octanol–water partition coefficient (Wildman–Crippen LogP) is 3.48. The van der Waals surface area contributed by atoms with Crippen molar-refractivity contribution in [3.8, 4) is 0 Å². The summed E-state index contributed by atoms with van der Waals surface area (Å²) in [5.74, 6) is -19.7. The Morgan fingerprint density at radius 3 is 1.40 bits per heavy atom. The first-order valence-corrected chi connectivity index (χ1v) is 47.6. The number of carbonyl (C=O) groups is 17. The summed E-state index contributed by atoms with van der Waals surface area (Å²) < 4.78 is 0. The molecule has 7 aromatic rings. The number of aliphatic hydroxyl groups is 1. The molecule has 35 nitrogen and oxygen atoms in total. The molecule has 4 aliphatic heterocycles. The van der Waals surface area contributed by atoms with E-state index in [1.807, 2.05) is 54.6 Å². The lowest BCUT2D eigenvalue weighted by Gasteiger charge is -2.32. The van der Waals surface area contributed by atoms with Crippen molar-refractivity contribution in [2.24, 2.45) is 29.4 Å². The molecule has 2 aromatic heterocycles. The van der Waals surface area contributed by atoms with Crippen molar-refractivity contribution in [2.45, 2.75) is 200 Å². The molecule has 6 heterocycles. The number of fused-ring (bicyclic) bond motifs is 11. The number of ketones is 2. The fraction of sp³-hybridized carbons (Fsp3) is 0.457. The van der Waals surface area contributed by atoms with Gasteiger partial charge in [0.05, 0.1) is 42.2 Å². The molecule has 38 heteroatoms. The van der Waals surface area contributed by atoms with E-state index in [9.17, 15) is 58.2 Å². The number of rotatable bonds is 13. The summed E-state index contributed by atoms with van der Waals surface area (Å²) in [4.78, 5) is 261. The van der Waals surface area contributed by atoms with Crippen LogP contribution in [0.2, 0.25) is 0 Å². The number of carboxylic acids is 1. The number of hydrogen-bond acceptors (Lipinski definition) is 21. The second-order valence-corrected chi connectivity index (χ2v) is 37.8. The van der Waals surface area contributed by atoms with E-state index in [1.54, 1.807) is 115 Å². The van der Waals surface area contributed by atoms with Crippen molar-refractivity contribution in [1.29, 1.82) is 0 Å². The van der Waals surface area contributed by atoms with Gasteiger partial charge in [-0.2, -0.15) is 11.8 Å². The number of aliphatic carboxylic acids is 1. The highest BCUT2D eigenvalue weighted by atomic mass is 32.2. The SMILES string of the molecule is CC[C@@H]1CC(=O)[C@H]([C@@H](C)O)NC(=O)[C@@H](CC(C)=O)CSCC(=O)N2Cc3cccc(c3)CN3Cc4cccc(c4)CN(Cc4cccc(c4)C2)C(=O)CSC[C@H](NC1=O)C(=O)N[C@@H](Cc1c[nH]c2ccccc12)C(=O)N[C@@H](C(C)C)C(=O)N[C@@H](CC(=O)O)C(=O)NCC(=O)N[C@@H](Cc1c[nH]c2ccccc12)C(=O)N[C@@H](C(C)C)C(=O)N1CCC[C@H]1C(=O)N[C@H](C(N)=O)CSCC3=O. The van der Waals surface area contributed by atoms with Crippen LogP contribution >= 0.6 is 35.3 Å². The molecule has 15 N–H and O–H groups in total. The third-order valence-corrected chi connectivity index (χ3v) is 26.8. The number of nitrogens with two attached hydrogens (primary N) is 1. The second kappa shape index (κ2) is 47.1. The van der Waals surface area contributed by atoms with Gasteiger partial charge < -0.3 is 98.2 Å². The number of primary amides is 1. The van der Waals surface area contributed by atoms with Gasteiger partial charge in [-0.05, 0) is 102 Å². The van der Waals surface area contributed by atoms with E-state index in [2.05, 4.69) is 57.8 Å². The third-order valence-electron chi connectivity index (χ3n) is 23.7. The van der Waals surface area contributed by atoms with Crippen molar-refractivity contribution in [1.82, 2.24) is 77.4 Å². The van der Waals surface area contributed by atoms with Gasteiger partial charge in [0.1, 0.15) is 60.2 Å². The highest BCUT2D eigenvalue weighted by Crippen LogP contribution is 2.29. The number of amides is 14. The first-order valence-electron chi connectivity index (χ1n) is 44.2. The number of aromatic amines is 2. The molecule has 12 atom stereocenters. The number of aliphatic hydroxyl groups excluding tert-OH is 1. The fourth-order valence-corrected chi connectivity index (χ4v) is 19.5. The molecule has 4 aliphatic rings. The third kappa shape index (κ3) is 27.6. The Morgan fingerprint density at radius 2 is 0.932 bits per heavy atom. The zero-order valence-corrected chi connectivity index (χ0v) is 77.2. The topological polar surface area (TPSA) is 509 Å². The van der Waals surface area contributed by atoms with Gasteiger partial charge in [0.25, 0.3) is 0 Å². The molecular weight excluding hydrogens is 1750 g/mol. The summed E-state index contributed by atoms with van der Waals surface area (Å²) >= 11 is 3.01. The van der Waals surface area contributed by atoms with Gasteiger partial charge in [0, 0.05) is 129 Å². The average molecular weight is 1870 g/mol. The van der Waals surface area contributed by atoms with E-state index in [4.69, 9.17) is 5.73 Å². The number of aromatic nitrogens is 2. The van der Waals surface area contributed by atoms with Crippen molar-refractivity contribution < 1.29 is 91.7 Å². The Kier molecular flexibility index (Phi) is 35.7. The summed E-state index contributed by atoms with van der Waals surface area (Å²) in [6.07, 6.45) is -0.439. The van der Waals surface area contributed by atoms with Gasteiger partial charge >= 0.3 is 5.97 Å². The molecule has 704 valence electrons.